The Morgan fingerprint density at radius 3 is 1.15 bits per heavy atom. The fourth-order valence-electron chi connectivity index (χ4n) is 9.57. The number of rotatable bonds is 9. The number of benzene rings is 1. The summed E-state index contributed by atoms with van der Waals surface area (Å²) in [6.45, 7) is 25.7. The first-order valence-corrected chi connectivity index (χ1v) is 26.4. The van der Waals surface area contributed by atoms with E-state index in [-0.39, 0.29) is 16.7 Å². The monoisotopic (exact) mass is 975 g/mol. The molecule has 12 nitrogen and oxygen atoms in total. The minimum Gasteiger partial charge on any atom is -0.714 e. The second-order valence-electron chi connectivity index (χ2n) is 19.4. The minimum absolute atomic E-state index is 0.0148. The van der Waals surface area contributed by atoms with Crippen LogP contribution in [0.3, 0.4) is 0 Å². The summed E-state index contributed by atoms with van der Waals surface area (Å²) in [6.07, 6.45) is 3.38. The number of aryl methyl sites for hydroxylation is 3. The Labute approximate surface area is 403 Å². The Morgan fingerprint density at radius 2 is 0.818 bits per heavy atom. The molecule has 0 atom stereocenters. The lowest BCUT2D eigenvalue weighted by molar-refractivity contribution is -0.539. The van der Waals surface area contributed by atoms with E-state index >= 15 is 0 Å². The topological polar surface area (TPSA) is 123 Å². The van der Waals surface area contributed by atoms with Crippen LogP contribution in [-0.2, 0) is 5.21 Å². The number of hydrogen-bond donors (Lipinski definition) is 0. The van der Waals surface area contributed by atoms with Crippen molar-refractivity contribution in [1.29, 1.82) is 0 Å². The van der Waals surface area contributed by atoms with E-state index in [1.54, 1.807) is 22.7 Å². The molecule has 0 fully saturated rings. The van der Waals surface area contributed by atoms with E-state index in [4.69, 9.17) is 37.9 Å². The van der Waals surface area contributed by atoms with Gasteiger partial charge in [0.25, 0.3) is 0 Å². The second kappa shape index (κ2) is 16.4. The minimum atomic E-state index is -1.04. The van der Waals surface area contributed by atoms with E-state index < -0.39 is 11.1 Å². The van der Waals surface area contributed by atoms with Gasteiger partial charge in [-0.05, 0) is 85.3 Å². The van der Waals surface area contributed by atoms with Crippen molar-refractivity contribution in [3.63, 3.8) is 0 Å². The number of fused-ring (bicyclic) bond motifs is 4. The smallest absolute Gasteiger partial charge is 0.330 e. The fourth-order valence-corrected chi connectivity index (χ4v) is 14.9. The highest BCUT2D eigenvalue weighted by atomic mass is 32.1. The number of hydroxylamine groups is 3. The molecule has 5 aromatic rings. The SMILES string of the molecule is CCC1(CC)COc2c(C3=[N+]([O-])C(C)(C)C(C)(C)N3[O])sc(-c3sc(-c4sc(-c5sc(-c6c(C)cc(C)cc6C)c6c5OCCO6)c5c4OCCO5)c4c3OCC(CC)(CC)CO4)c2OC1. The summed E-state index contributed by atoms with van der Waals surface area (Å²) in [4.78, 5) is 6.44. The Bertz CT molecular complexity index is 2740. The molecule has 0 spiro atoms. The van der Waals surface area contributed by atoms with Crippen molar-refractivity contribution < 1.29 is 47.8 Å². The predicted molar refractivity (Wildman–Crippen MR) is 262 cm³/mol. The average Bonchev–Trinajstić information content (AvgIpc) is 4.02. The van der Waals surface area contributed by atoms with Gasteiger partial charge in [-0.15, -0.1) is 45.3 Å². The zero-order chi connectivity index (χ0) is 46.7. The largest absolute Gasteiger partial charge is 0.714 e. The molecule has 0 N–H and O–H groups in total. The van der Waals surface area contributed by atoms with Crippen LogP contribution in [-0.4, -0.2) is 79.6 Å². The lowest BCUT2D eigenvalue weighted by atomic mass is 9.84. The standard InChI is InChI=1S/C50H59N2O10S4/c1-12-49(13-2)22-59-34-35(60-23-49)43(44-36-37(62-25-50(14-3,15-4)24-61-36)45(66-44)46-51(53)47(8,9)48(10,11)52(46)54)65-42(34)41-33-32(57-18-19-58-33)40(64-41)39-31-30(55-16-17-56-31)38(63-39)29-27(6)20-26(5)21-28(29)7/h20-21H,12-19,22-25H2,1-11H3. The quantitative estimate of drug-likeness (QED) is 0.104. The van der Waals surface area contributed by atoms with Crippen molar-refractivity contribution in [2.45, 2.75) is 113 Å². The molecule has 0 saturated carbocycles. The first-order chi connectivity index (χ1) is 31.5. The molecule has 10 rings (SSSR count). The molecular formula is C50H59N2O10S4. The molecule has 5 aliphatic rings. The van der Waals surface area contributed by atoms with E-state index in [1.807, 2.05) is 27.7 Å². The molecule has 1 radical (unpaired) electrons. The van der Waals surface area contributed by atoms with Crippen LogP contribution in [0, 0.1) is 36.8 Å². The molecule has 9 heterocycles. The van der Waals surface area contributed by atoms with Gasteiger partial charge in [-0.2, -0.15) is 0 Å². The van der Waals surface area contributed by atoms with Crippen molar-refractivity contribution >= 4 is 51.2 Å². The summed E-state index contributed by atoms with van der Waals surface area (Å²) < 4.78 is 54.7. The molecule has 66 heavy (non-hydrogen) atoms. The summed E-state index contributed by atoms with van der Waals surface area (Å²) in [5, 5.41) is 29.6. The average molecular weight is 976 g/mol. The highest BCUT2D eigenvalue weighted by molar-refractivity contribution is 7.30. The maximum Gasteiger partial charge on any atom is 0.330 e. The van der Waals surface area contributed by atoms with Gasteiger partial charge in [0.05, 0.1) is 60.6 Å². The molecule has 0 unspecified atom stereocenters. The van der Waals surface area contributed by atoms with Gasteiger partial charge in [-0.25, -0.2) is 0 Å². The van der Waals surface area contributed by atoms with Crippen molar-refractivity contribution in [2.75, 3.05) is 52.9 Å². The zero-order valence-corrected chi connectivity index (χ0v) is 43.0. The van der Waals surface area contributed by atoms with E-state index in [9.17, 15) is 10.4 Å². The molecule has 353 valence electrons. The van der Waals surface area contributed by atoms with Crippen LogP contribution in [0.4, 0.5) is 0 Å². The number of thiophene rings is 4. The van der Waals surface area contributed by atoms with E-state index in [0.29, 0.717) is 103 Å². The van der Waals surface area contributed by atoms with Crippen LogP contribution in [0.5, 0.6) is 46.0 Å². The van der Waals surface area contributed by atoms with Crippen molar-refractivity contribution in [2.24, 2.45) is 10.8 Å². The summed E-state index contributed by atoms with van der Waals surface area (Å²) >= 11 is 6.10. The lowest BCUT2D eigenvalue weighted by Gasteiger charge is -2.32. The maximum absolute atomic E-state index is 14.4. The molecule has 0 amide bonds. The lowest BCUT2D eigenvalue weighted by Crippen LogP contribution is -2.53. The molecule has 0 saturated heterocycles. The van der Waals surface area contributed by atoms with E-state index in [2.05, 4.69) is 60.6 Å². The molecule has 4 aromatic heterocycles. The van der Waals surface area contributed by atoms with Gasteiger partial charge < -0.3 is 43.1 Å². The second-order valence-corrected chi connectivity index (χ2v) is 23.5. The predicted octanol–water partition coefficient (Wildman–Crippen LogP) is 12.7. The van der Waals surface area contributed by atoms with Crippen LogP contribution in [0.25, 0.3) is 39.7 Å². The normalized spacial score (nSPS) is 19.8. The third kappa shape index (κ3) is 6.73. The van der Waals surface area contributed by atoms with Crippen molar-refractivity contribution in [3.05, 3.63) is 38.9 Å². The van der Waals surface area contributed by atoms with Gasteiger partial charge in [0.2, 0.25) is 0 Å². The van der Waals surface area contributed by atoms with Gasteiger partial charge in [0.1, 0.15) is 32.0 Å². The third-order valence-corrected chi connectivity index (χ3v) is 20.3. The summed E-state index contributed by atoms with van der Waals surface area (Å²) in [7, 11) is 0. The van der Waals surface area contributed by atoms with Crippen molar-refractivity contribution in [1.82, 2.24) is 5.06 Å². The number of hydrogen-bond acceptors (Lipinski definition) is 14. The summed E-state index contributed by atoms with van der Waals surface area (Å²) in [6, 6.07) is 4.43. The first kappa shape index (κ1) is 45.4. The molecule has 1 aromatic carbocycles. The van der Waals surface area contributed by atoms with Gasteiger partial charge in [0.15, 0.2) is 56.4 Å². The van der Waals surface area contributed by atoms with Crippen LogP contribution in [0.15, 0.2) is 12.1 Å². The molecule has 5 aliphatic heterocycles. The number of nitrogens with zero attached hydrogens (tertiary/aromatic N) is 2. The fraction of sp³-hybridized carbons (Fsp3) is 0.540. The van der Waals surface area contributed by atoms with Gasteiger partial charge >= 0.3 is 5.84 Å². The first-order valence-electron chi connectivity index (χ1n) is 23.1. The Kier molecular flexibility index (Phi) is 11.3. The van der Waals surface area contributed by atoms with E-state index in [0.717, 1.165) is 76.1 Å². The highest BCUT2D eigenvalue weighted by Crippen LogP contribution is 2.67. The summed E-state index contributed by atoms with van der Waals surface area (Å²) in [5.41, 5.74) is 2.14. The van der Waals surface area contributed by atoms with Crippen LogP contribution >= 0.6 is 45.3 Å². The van der Waals surface area contributed by atoms with E-state index in [1.165, 1.54) is 39.4 Å². The maximum atomic E-state index is 14.4. The Hall–Kier alpha value is -4.35. The Balaban J connectivity index is 1.20. The molecule has 16 heteroatoms. The molecular weight excluding hydrogens is 917 g/mol. The molecule has 0 aliphatic carbocycles. The number of ether oxygens (including phenoxy) is 8. The van der Waals surface area contributed by atoms with Gasteiger partial charge in [-0.3, -0.25) is 4.74 Å². The van der Waals surface area contributed by atoms with Crippen LogP contribution < -0.4 is 37.9 Å². The number of amidine groups is 1. The highest BCUT2D eigenvalue weighted by Gasteiger charge is 2.61. The Morgan fingerprint density at radius 1 is 0.515 bits per heavy atom. The van der Waals surface area contributed by atoms with Gasteiger partial charge in [0, 0.05) is 21.6 Å². The third-order valence-electron chi connectivity index (χ3n) is 15.2. The zero-order valence-electron chi connectivity index (χ0n) is 39.7. The van der Waals surface area contributed by atoms with Crippen LogP contribution in [0.1, 0.15) is 103 Å². The van der Waals surface area contributed by atoms with Crippen molar-refractivity contribution in [3.8, 4) is 85.7 Å². The van der Waals surface area contributed by atoms with Crippen LogP contribution in [0.2, 0.25) is 0 Å². The molecule has 0 bridgehead atoms. The summed E-state index contributed by atoms with van der Waals surface area (Å²) in [5.74, 6) is 4.89. The van der Waals surface area contributed by atoms with Gasteiger partial charge in [-0.1, -0.05) is 50.5 Å².